The summed E-state index contributed by atoms with van der Waals surface area (Å²) in [6, 6.07) is 5.05. The van der Waals surface area contributed by atoms with Gasteiger partial charge in [-0.2, -0.15) is 0 Å². The lowest BCUT2D eigenvalue weighted by atomic mass is 9.70. The average molecular weight is 315 g/mol. The molecule has 0 saturated heterocycles. The van der Waals surface area contributed by atoms with Gasteiger partial charge in [0.15, 0.2) is 23.0 Å². The number of carbonyl (C=O) groups is 3. The molecule has 2 aromatic rings. The molecule has 0 spiro atoms. The van der Waals surface area contributed by atoms with E-state index in [0.717, 1.165) is 4.68 Å². The van der Waals surface area contributed by atoms with Gasteiger partial charge in [0.25, 0.3) is 0 Å². The van der Waals surface area contributed by atoms with Crippen molar-refractivity contribution in [2.45, 2.75) is 33.2 Å². The third-order valence-electron chi connectivity index (χ3n) is 4.07. The second kappa shape index (κ2) is 5.26. The van der Waals surface area contributed by atoms with E-state index in [4.69, 9.17) is 0 Å². The number of ketones is 3. The third kappa shape index (κ3) is 2.74. The number of pyridine rings is 1. The number of fused-ring (bicyclic) bond motifs is 1. The zero-order chi connectivity index (χ0) is 16.8. The van der Waals surface area contributed by atoms with Crippen LogP contribution in [0.1, 0.15) is 26.7 Å². The van der Waals surface area contributed by atoms with E-state index in [0.29, 0.717) is 5.65 Å². The van der Waals surface area contributed by atoms with Crippen LogP contribution in [-0.2, 0) is 20.9 Å². The summed E-state index contributed by atoms with van der Waals surface area (Å²) >= 11 is 0. The minimum Gasteiger partial charge on any atom is -0.298 e. The van der Waals surface area contributed by atoms with Crippen LogP contribution in [0.25, 0.3) is 5.65 Å². The van der Waals surface area contributed by atoms with Crippen LogP contribution in [0.15, 0.2) is 29.2 Å². The highest BCUT2D eigenvalue weighted by Gasteiger charge is 2.43. The fourth-order valence-corrected chi connectivity index (χ4v) is 3.06. The Morgan fingerprint density at radius 1 is 1.22 bits per heavy atom. The second-order valence-corrected chi connectivity index (χ2v) is 6.72. The lowest BCUT2D eigenvalue weighted by Crippen LogP contribution is -2.43. The fraction of sp³-hybridized carbons (Fsp3) is 0.438. The van der Waals surface area contributed by atoms with Crippen molar-refractivity contribution in [3.8, 4) is 0 Å². The van der Waals surface area contributed by atoms with Crippen molar-refractivity contribution in [2.75, 3.05) is 0 Å². The van der Waals surface area contributed by atoms with E-state index in [-0.39, 0.29) is 31.0 Å². The van der Waals surface area contributed by atoms with Crippen LogP contribution in [0.4, 0.5) is 0 Å². The second-order valence-electron chi connectivity index (χ2n) is 6.72. The van der Waals surface area contributed by atoms with Gasteiger partial charge < -0.3 is 0 Å². The molecule has 0 amide bonds. The van der Waals surface area contributed by atoms with Crippen LogP contribution in [-0.4, -0.2) is 31.5 Å². The molecule has 3 rings (SSSR count). The lowest BCUT2D eigenvalue weighted by Gasteiger charge is -2.31. The summed E-state index contributed by atoms with van der Waals surface area (Å²) in [5.74, 6) is -2.57. The maximum Gasteiger partial charge on any atom is 0.350 e. The Balaban J connectivity index is 1.86. The minimum atomic E-state index is -1.26. The van der Waals surface area contributed by atoms with Gasteiger partial charge in [-0.1, -0.05) is 19.9 Å². The Hall–Kier alpha value is -2.57. The van der Waals surface area contributed by atoms with E-state index in [1.54, 1.807) is 24.4 Å². The molecule has 0 aliphatic heterocycles. The molecular formula is C16H17N3O4. The van der Waals surface area contributed by atoms with E-state index in [2.05, 4.69) is 5.10 Å². The van der Waals surface area contributed by atoms with Gasteiger partial charge in [-0.05, 0) is 17.5 Å². The number of hydrogen-bond acceptors (Lipinski definition) is 5. The first-order valence-electron chi connectivity index (χ1n) is 7.41. The standard InChI is InChI=1S/C16H17N3O4/c1-16(2)7-10(20)14(11(21)8-16)12(22)9-19-15(23)18-6-4-3-5-13(18)17-19/h3-6,14H,7-9H2,1-2H3. The number of carbonyl (C=O) groups excluding carboxylic acids is 3. The van der Waals surface area contributed by atoms with Gasteiger partial charge in [0, 0.05) is 19.0 Å². The monoisotopic (exact) mass is 315 g/mol. The van der Waals surface area contributed by atoms with Crippen LogP contribution in [0, 0.1) is 11.3 Å². The predicted octanol–water partition coefficient (Wildman–Crippen LogP) is 0.639. The average Bonchev–Trinajstić information content (AvgIpc) is 2.73. The zero-order valence-corrected chi connectivity index (χ0v) is 13.0. The van der Waals surface area contributed by atoms with Crippen molar-refractivity contribution in [3.05, 3.63) is 34.9 Å². The summed E-state index contributed by atoms with van der Waals surface area (Å²) in [6.07, 6.45) is 1.93. The highest BCUT2D eigenvalue weighted by molar-refractivity contribution is 6.20. The molecule has 2 aromatic heterocycles. The van der Waals surface area contributed by atoms with E-state index < -0.39 is 22.8 Å². The van der Waals surface area contributed by atoms with Crippen molar-refractivity contribution in [2.24, 2.45) is 11.3 Å². The molecule has 7 heteroatoms. The normalized spacial score (nSPS) is 18.5. The van der Waals surface area contributed by atoms with Gasteiger partial charge in [-0.15, -0.1) is 5.10 Å². The number of nitrogens with zero attached hydrogens (tertiary/aromatic N) is 3. The molecule has 1 aliphatic rings. The van der Waals surface area contributed by atoms with Crippen LogP contribution >= 0.6 is 0 Å². The van der Waals surface area contributed by atoms with E-state index in [1.165, 1.54) is 4.40 Å². The molecular weight excluding hydrogens is 298 g/mol. The largest absolute Gasteiger partial charge is 0.350 e. The first-order valence-corrected chi connectivity index (χ1v) is 7.41. The highest BCUT2D eigenvalue weighted by atomic mass is 16.2. The Kier molecular flexibility index (Phi) is 3.50. The molecule has 0 bridgehead atoms. The van der Waals surface area contributed by atoms with E-state index in [1.807, 2.05) is 13.8 Å². The van der Waals surface area contributed by atoms with Gasteiger partial charge in [-0.3, -0.25) is 18.8 Å². The number of rotatable bonds is 3. The van der Waals surface area contributed by atoms with Crippen LogP contribution in [0.3, 0.4) is 0 Å². The Labute approximate surface area is 131 Å². The molecule has 0 atom stereocenters. The molecule has 2 heterocycles. The first kappa shape index (κ1) is 15.3. The van der Waals surface area contributed by atoms with Crippen LogP contribution in [0.2, 0.25) is 0 Å². The molecule has 0 radical (unpaired) electrons. The molecule has 1 aliphatic carbocycles. The summed E-state index contributed by atoms with van der Waals surface area (Å²) in [5.41, 5.74) is -0.470. The van der Waals surface area contributed by atoms with Crippen LogP contribution in [0.5, 0.6) is 0 Å². The predicted molar refractivity (Wildman–Crippen MR) is 81.0 cm³/mol. The van der Waals surface area contributed by atoms with Gasteiger partial charge in [-0.25, -0.2) is 9.48 Å². The summed E-state index contributed by atoms with van der Waals surface area (Å²) in [4.78, 5) is 48.8. The van der Waals surface area contributed by atoms with E-state index in [9.17, 15) is 19.2 Å². The van der Waals surface area contributed by atoms with Crippen molar-refractivity contribution in [1.29, 1.82) is 0 Å². The quantitative estimate of drug-likeness (QED) is 0.775. The fourth-order valence-electron chi connectivity index (χ4n) is 3.06. The zero-order valence-electron chi connectivity index (χ0n) is 13.0. The summed E-state index contributed by atoms with van der Waals surface area (Å²) in [7, 11) is 0. The molecule has 0 unspecified atom stereocenters. The topological polar surface area (TPSA) is 90.5 Å². The maximum atomic E-state index is 12.4. The Morgan fingerprint density at radius 3 is 2.48 bits per heavy atom. The molecule has 1 saturated carbocycles. The molecule has 1 fully saturated rings. The van der Waals surface area contributed by atoms with Gasteiger partial charge in [0.1, 0.15) is 12.5 Å². The Morgan fingerprint density at radius 2 is 1.87 bits per heavy atom. The molecule has 120 valence electrons. The van der Waals surface area contributed by atoms with Gasteiger partial charge in [0.05, 0.1) is 0 Å². The minimum absolute atomic E-state index is 0.190. The highest BCUT2D eigenvalue weighted by Crippen LogP contribution is 2.34. The Bertz CT molecular complexity index is 855. The molecule has 7 nitrogen and oxygen atoms in total. The number of aromatic nitrogens is 3. The SMILES string of the molecule is CC1(C)CC(=O)C(C(=O)Cn2nc3ccccn3c2=O)C(=O)C1. The van der Waals surface area contributed by atoms with Crippen molar-refractivity contribution in [1.82, 2.24) is 14.2 Å². The first-order chi connectivity index (χ1) is 10.8. The smallest absolute Gasteiger partial charge is 0.298 e. The van der Waals surface area contributed by atoms with Gasteiger partial charge >= 0.3 is 5.69 Å². The van der Waals surface area contributed by atoms with Crippen molar-refractivity contribution in [3.63, 3.8) is 0 Å². The van der Waals surface area contributed by atoms with Gasteiger partial charge in [0.2, 0.25) is 0 Å². The van der Waals surface area contributed by atoms with Crippen LogP contribution < -0.4 is 5.69 Å². The maximum absolute atomic E-state index is 12.4. The molecule has 0 N–H and O–H groups in total. The number of Topliss-reactive ketones (excluding diaryl/α,β-unsaturated/α-hetero) is 3. The summed E-state index contributed by atoms with van der Waals surface area (Å²) in [6.45, 7) is 3.29. The third-order valence-corrected chi connectivity index (χ3v) is 4.07. The number of hydrogen-bond donors (Lipinski definition) is 0. The van der Waals surface area contributed by atoms with Crippen molar-refractivity contribution < 1.29 is 14.4 Å². The summed E-state index contributed by atoms with van der Waals surface area (Å²) < 4.78 is 2.30. The van der Waals surface area contributed by atoms with E-state index >= 15 is 0 Å². The molecule has 23 heavy (non-hydrogen) atoms. The lowest BCUT2D eigenvalue weighted by molar-refractivity contribution is -0.145. The molecule has 0 aromatic carbocycles. The van der Waals surface area contributed by atoms with Crippen molar-refractivity contribution >= 4 is 23.0 Å². The summed E-state index contributed by atoms with van der Waals surface area (Å²) in [5, 5.41) is 4.05.